The number of nitrogens with zero attached hydrogens (tertiary/aromatic N) is 2. The van der Waals surface area contributed by atoms with E-state index in [1.807, 2.05) is 7.05 Å². The Hall–Kier alpha value is -0.810. The Kier molecular flexibility index (Phi) is 8.04. The van der Waals surface area contributed by atoms with E-state index >= 15 is 0 Å². The van der Waals surface area contributed by atoms with Gasteiger partial charge in [0.2, 0.25) is 0 Å². The summed E-state index contributed by atoms with van der Waals surface area (Å²) in [4.78, 5) is 6.88. The maximum atomic E-state index is 4.32. The van der Waals surface area contributed by atoms with Crippen LogP contribution in [0.1, 0.15) is 47.0 Å². The molecule has 21 heavy (non-hydrogen) atoms. The molecule has 5 heteroatoms. The molecule has 0 unspecified atom stereocenters. The summed E-state index contributed by atoms with van der Waals surface area (Å²) in [7, 11) is 1.85. The minimum atomic E-state index is 0.171. The number of guanidine groups is 1. The molecule has 5 nitrogen and oxygen atoms in total. The first-order valence-electron chi connectivity index (χ1n) is 8.39. The molecule has 0 aromatic heterocycles. The number of likely N-dealkylation sites (tertiary alicyclic amines) is 1. The minimum Gasteiger partial charge on any atom is -0.355 e. The number of piperidine rings is 1. The van der Waals surface area contributed by atoms with Crippen molar-refractivity contribution in [3.8, 4) is 0 Å². The fourth-order valence-electron chi connectivity index (χ4n) is 2.62. The first-order chi connectivity index (χ1) is 9.94. The average molecular weight is 297 g/mol. The highest BCUT2D eigenvalue weighted by molar-refractivity contribution is 5.79. The van der Waals surface area contributed by atoms with Crippen molar-refractivity contribution in [2.75, 3.05) is 39.8 Å². The lowest BCUT2D eigenvalue weighted by atomic mass is 10.1. The van der Waals surface area contributed by atoms with Crippen LogP contribution in [0.2, 0.25) is 0 Å². The zero-order valence-electron chi connectivity index (χ0n) is 14.6. The van der Waals surface area contributed by atoms with Crippen molar-refractivity contribution in [2.24, 2.45) is 4.99 Å². The molecule has 0 saturated carbocycles. The van der Waals surface area contributed by atoms with E-state index in [4.69, 9.17) is 0 Å². The van der Waals surface area contributed by atoms with Crippen LogP contribution < -0.4 is 16.0 Å². The van der Waals surface area contributed by atoms with Gasteiger partial charge in [-0.3, -0.25) is 4.99 Å². The lowest BCUT2D eigenvalue weighted by Crippen LogP contribution is -2.50. The van der Waals surface area contributed by atoms with Gasteiger partial charge in [0.1, 0.15) is 0 Å². The van der Waals surface area contributed by atoms with Gasteiger partial charge in [0.25, 0.3) is 0 Å². The molecule has 124 valence electrons. The van der Waals surface area contributed by atoms with E-state index in [2.05, 4.69) is 53.5 Å². The molecule has 0 radical (unpaired) electrons. The molecule has 0 aliphatic carbocycles. The molecule has 0 aromatic carbocycles. The Morgan fingerprint density at radius 2 is 1.86 bits per heavy atom. The second-order valence-corrected chi connectivity index (χ2v) is 6.94. The van der Waals surface area contributed by atoms with Crippen LogP contribution in [0.4, 0.5) is 0 Å². The fraction of sp³-hybridized carbons (Fsp3) is 0.938. The molecule has 1 aliphatic rings. The minimum absolute atomic E-state index is 0.171. The largest absolute Gasteiger partial charge is 0.355 e. The van der Waals surface area contributed by atoms with E-state index in [1.54, 1.807) is 0 Å². The molecule has 0 amide bonds. The van der Waals surface area contributed by atoms with E-state index in [9.17, 15) is 0 Å². The van der Waals surface area contributed by atoms with Crippen LogP contribution in [0.3, 0.4) is 0 Å². The van der Waals surface area contributed by atoms with E-state index in [0.717, 1.165) is 19.0 Å². The first-order valence-corrected chi connectivity index (χ1v) is 8.39. The summed E-state index contributed by atoms with van der Waals surface area (Å²) in [5, 5.41) is 10.4. The van der Waals surface area contributed by atoms with E-state index < -0.39 is 0 Å². The van der Waals surface area contributed by atoms with Crippen LogP contribution in [0.15, 0.2) is 4.99 Å². The van der Waals surface area contributed by atoms with Gasteiger partial charge >= 0.3 is 0 Å². The third-order valence-corrected chi connectivity index (χ3v) is 3.76. The Balaban J connectivity index is 2.20. The quantitative estimate of drug-likeness (QED) is 0.394. The first kappa shape index (κ1) is 18.2. The zero-order valence-corrected chi connectivity index (χ0v) is 14.6. The summed E-state index contributed by atoms with van der Waals surface area (Å²) >= 11 is 0. The predicted octanol–water partition coefficient (Wildman–Crippen LogP) is 1.41. The van der Waals surface area contributed by atoms with Crippen LogP contribution in [0.5, 0.6) is 0 Å². The lowest BCUT2D eigenvalue weighted by molar-refractivity contribution is 0.206. The molecular formula is C16H35N5. The average Bonchev–Trinajstić information content (AvgIpc) is 2.43. The Morgan fingerprint density at radius 1 is 1.19 bits per heavy atom. The highest BCUT2D eigenvalue weighted by atomic mass is 15.2. The zero-order chi connectivity index (χ0) is 15.7. The molecule has 1 aliphatic heterocycles. The van der Waals surface area contributed by atoms with Gasteiger partial charge in [-0.2, -0.15) is 0 Å². The summed E-state index contributed by atoms with van der Waals surface area (Å²) in [5.41, 5.74) is 0.171. The summed E-state index contributed by atoms with van der Waals surface area (Å²) in [6.07, 6.45) is 3.67. The summed E-state index contributed by atoms with van der Waals surface area (Å²) < 4.78 is 0. The summed E-state index contributed by atoms with van der Waals surface area (Å²) in [5.74, 6) is 0.930. The highest BCUT2D eigenvalue weighted by Crippen LogP contribution is 2.10. The van der Waals surface area contributed by atoms with E-state index in [-0.39, 0.29) is 5.54 Å². The van der Waals surface area contributed by atoms with Gasteiger partial charge < -0.3 is 20.9 Å². The molecule has 0 bridgehead atoms. The summed E-state index contributed by atoms with van der Waals surface area (Å²) in [6, 6.07) is 0.555. The molecule has 0 aromatic rings. The second-order valence-electron chi connectivity index (χ2n) is 6.94. The number of hydrogen-bond acceptors (Lipinski definition) is 3. The van der Waals surface area contributed by atoms with Gasteiger partial charge in [-0.15, -0.1) is 0 Å². The van der Waals surface area contributed by atoms with Crippen molar-refractivity contribution in [1.82, 2.24) is 20.9 Å². The molecule has 1 heterocycles. The van der Waals surface area contributed by atoms with Crippen molar-refractivity contribution >= 4 is 5.96 Å². The molecule has 0 spiro atoms. The van der Waals surface area contributed by atoms with Gasteiger partial charge in [0.05, 0.1) is 0 Å². The Morgan fingerprint density at radius 3 is 2.38 bits per heavy atom. The second kappa shape index (κ2) is 9.26. The lowest BCUT2D eigenvalue weighted by Gasteiger charge is -2.32. The monoisotopic (exact) mass is 297 g/mol. The Bertz CT molecular complexity index is 300. The van der Waals surface area contributed by atoms with Crippen LogP contribution in [-0.2, 0) is 0 Å². The van der Waals surface area contributed by atoms with Crippen molar-refractivity contribution in [1.29, 1.82) is 0 Å². The standard InChI is InChI=1S/C16H35N5/c1-6-11-21-12-7-14(8-13-21)20-15(17-5)18-9-10-19-16(2,3)4/h14,19H,6-13H2,1-5H3,(H2,17,18,20). The molecule has 1 fully saturated rings. The van der Waals surface area contributed by atoms with Crippen molar-refractivity contribution in [2.45, 2.75) is 58.5 Å². The molecule has 0 atom stereocenters. The normalized spacial score (nSPS) is 18.8. The molecular weight excluding hydrogens is 262 g/mol. The smallest absolute Gasteiger partial charge is 0.191 e. The topological polar surface area (TPSA) is 51.7 Å². The predicted molar refractivity (Wildman–Crippen MR) is 92.0 cm³/mol. The van der Waals surface area contributed by atoms with Crippen LogP contribution in [0.25, 0.3) is 0 Å². The SMILES string of the molecule is CCCN1CCC(NC(=NC)NCCNC(C)(C)C)CC1. The van der Waals surface area contributed by atoms with E-state index in [1.165, 1.54) is 38.9 Å². The Labute approximate surface area is 131 Å². The number of hydrogen-bond donors (Lipinski definition) is 3. The van der Waals surface area contributed by atoms with Crippen molar-refractivity contribution < 1.29 is 0 Å². The fourth-order valence-corrected chi connectivity index (χ4v) is 2.62. The van der Waals surface area contributed by atoms with Crippen LogP contribution in [0, 0.1) is 0 Å². The van der Waals surface area contributed by atoms with Crippen LogP contribution in [-0.4, -0.2) is 62.2 Å². The number of rotatable bonds is 6. The maximum absolute atomic E-state index is 4.32. The molecule has 1 saturated heterocycles. The van der Waals surface area contributed by atoms with Gasteiger partial charge in [-0.25, -0.2) is 0 Å². The molecule has 1 rings (SSSR count). The van der Waals surface area contributed by atoms with E-state index in [0.29, 0.717) is 6.04 Å². The highest BCUT2D eigenvalue weighted by Gasteiger charge is 2.19. The van der Waals surface area contributed by atoms with Crippen molar-refractivity contribution in [3.05, 3.63) is 0 Å². The number of nitrogens with one attached hydrogen (secondary N) is 3. The number of aliphatic imine (C=N–C) groups is 1. The van der Waals surface area contributed by atoms with Gasteiger partial charge in [-0.1, -0.05) is 6.92 Å². The maximum Gasteiger partial charge on any atom is 0.191 e. The van der Waals surface area contributed by atoms with Crippen molar-refractivity contribution in [3.63, 3.8) is 0 Å². The molecule has 3 N–H and O–H groups in total. The third-order valence-electron chi connectivity index (χ3n) is 3.76. The third kappa shape index (κ3) is 8.27. The van der Waals surface area contributed by atoms with Crippen LogP contribution >= 0.6 is 0 Å². The van der Waals surface area contributed by atoms with Gasteiger partial charge in [0, 0.05) is 44.8 Å². The summed E-state index contributed by atoms with van der Waals surface area (Å²) in [6.45, 7) is 14.3. The van der Waals surface area contributed by atoms with Gasteiger partial charge in [-0.05, 0) is 46.6 Å². The van der Waals surface area contributed by atoms with Gasteiger partial charge in [0.15, 0.2) is 5.96 Å².